The lowest BCUT2D eigenvalue weighted by Crippen LogP contribution is -2.51. The molecule has 0 radical (unpaired) electrons. The fourth-order valence-corrected chi connectivity index (χ4v) is 7.55. The lowest BCUT2D eigenvalue weighted by Gasteiger charge is -2.30. The molecule has 2 N–H and O–H groups in total. The molecule has 2 heterocycles. The summed E-state index contributed by atoms with van der Waals surface area (Å²) in [5, 5.41) is 14.0. The number of hydrogen-bond acceptors (Lipinski definition) is 12. The van der Waals surface area contributed by atoms with Gasteiger partial charge in [0.1, 0.15) is 10.6 Å². The van der Waals surface area contributed by atoms with Gasteiger partial charge < -0.3 is 38.3 Å². The number of aliphatic hydroxyl groups is 1. The topological polar surface area (TPSA) is 176 Å². The van der Waals surface area contributed by atoms with Gasteiger partial charge in [0.15, 0.2) is 23.0 Å². The maximum atomic E-state index is 13.8. The van der Waals surface area contributed by atoms with Crippen molar-refractivity contribution in [1.29, 1.82) is 0 Å². The van der Waals surface area contributed by atoms with Crippen LogP contribution in [0.2, 0.25) is 0 Å². The first-order valence-corrected chi connectivity index (χ1v) is 17.7. The van der Waals surface area contributed by atoms with Crippen LogP contribution in [0.1, 0.15) is 26.3 Å². The number of carbonyl (C=O) groups is 1. The van der Waals surface area contributed by atoms with Crippen LogP contribution in [0.15, 0.2) is 82.8 Å². The molecule has 14 nitrogen and oxygen atoms in total. The number of rotatable bonds is 14. The van der Waals surface area contributed by atoms with Crippen LogP contribution < -0.4 is 28.4 Å². The highest BCUT2D eigenvalue weighted by molar-refractivity contribution is 7.89. The number of aliphatic hydroxyl groups excluding tert-OH is 1. The smallest absolute Gasteiger partial charge is 0.412 e. The molecule has 2 aliphatic heterocycles. The van der Waals surface area contributed by atoms with Crippen molar-refractivity contribution in [3.05, 3.63) is 78.6 Å². The van der Waals surface area contributed by atoms with Gasteiger partial charge in [0.2, 0.25) is 23.6 Å². The Balaban J connectivity index is 1.33. The van der Waals surface area contributed by atoms with Crippen LogP contribution in [0.4, 0.5) is 4.79 Å². The predicted octanol–water partition coefficient (Wildman–Crippen LogP) is 3.79. The van der Waals surface area contributed by atoms with Crippen LogP contribution >= 0.6 is 0 Å². The van der Waals surface area contributed by atoms with Gasteiger partial charge in [-0.25, -0.2) is 13.2 Å². The Morgan fingerprint density at radius 2 is 1.44 bits per heavy atom. The first-order chi connectivity index (χ1) is 22.7. The van der Waals surface area contributed by atoms with Crippen molar-refractivity contribution in [3.63, 3.8) is 0 Å². The van der Waals surface area contributed by atoms with E-state index in [4.69, 9.17) is 27.9 Å². The van der Waals surface area contributed by atoms with Crippen LogP contribution in [-0.4, -0.2) is 71.2 Å². The number of hydrogen-bond donors (Lipinski definition) is 2. The summed E-state index contributed by atoms with van der Waals surface area (Å²) in [6, 6.07) is 13.3. The zero-order valence-corrected chi connectivity index (χ0v) is 28.1. The van der Waals surface area contributed by atoms with Crippen molar-refractivity contribution in [2.45, 2.75) is 49.1 Å². The molecule has 0 saturated heterocycles. The molecule has 2 atom stereocenters. The summed E-state index contributed by atoms with van der Waals surface area (Å²) in [4.78, 5) is 12.4. The summed E-state index contributed by atoms with van der Waals surface area (Å²) in [7, 11) is -8.33. The molecular weight excluding hydrogens is 668 g/mol. The fraction of sp³-hybridized carbons (Fsp3) is 0.344. The molecule has 1 amide bonds. The first kappa shape index (κ1) is 34.8. The maximum Gasteiger partial charge on any atom is 0.412 e. The molecule has 48 heavy (non-hydrogen) atoms. The Kier molecular flexibility index (Phi) is 10.4. The summed E-state index contributed by atoms with van der Waals surface area (Å²) < 4.78 is 86.0. The molecule has 16 heteroatoms. The van der Waals surface area contributed by atoms with Crippen molar-refractivity contribution < 1.29 is 54.6 Å². The Labute approximate surface area is 278 Å². The SMILES string of the molecule is C=C(C)OC(=O)N[C@@H](Cc1ccc(OS(=O)(=O)c2ccc3c(c2)OCO3)cc1)[C@H](O)CN(CC(C)C)S(=O)(=O)c1ccc2c(c1)OCO2. The van der Waals surface area contributed by atoms with Crippen molar-refractivity contribution in [3.8, 4) is 28.7 Å². The van der Waals surface area contributed by atoms with E-state index in [1.54, 1.807) is 12.1 Å². The molecule has 0 spiro atoms. The maximum absolute atomic E-state index is 13.8. The summed E-state index contributed by atoms with van der Waals surface area (Å²) in [6.45, 7) is 8.37. The third kappa shape index (κ3) is 8.31. The molecule has 0 saturated carbocycles. The fourth-order valence-electron chi connectivity index (χ4n) is 4.96. The molecule has 0 aromatic heterocycles. The molecule has 3 aromatic carbocycles. The van der Waals surface area contributed by atoms with Gasteiger partial charge in [0, 0.05) is 25.2 Å². The highest BCUT2D eigenvalue weighted by atomic mass is 32.2. The molecular formula is C32H36N2O12S2. The molecule has 0 fully saturated rings. The van der Waals surface area contributed by atoms with Crippen molar-refractivity contribution >= 4 is 26.2 Å². The summed E-state index contributed by atoms with van der Waals surface area (Å²) in [5.74, 6) is 1.44. The summed E-state index contributed by atoms with van der Waals surface area (Å²) in [6.07, 6.45) is -2.29. The number of nitrogens with one attached hydrogen (secondary N) is 1. The van der Waals surface area contributed by atoms with Crippen LogP contribution in [0.5, 0.6) is 28.7 Å². The highest BCUT2D eigenvalue weighted by Gasteiger charge is 2.33. The van der Waals surface area contributed by atoms with E-state index in [0.29, 0.717) is 22.8 Å². The second-order valence-corrected chi connectivity index (χ2v) is 15.0. The van der Waals surface area contributed by atoms with E-state index in [-0.39, 0.29) is 66.1 Å². The van der Waals surface area contributed by atoms with Gasteiger partial charge in [-0.05, 0) is 61.2 Å². The van der Waals surface area contributed by atoms with E-state index in [9.17, 15) is 26.7 Å². The van der Waals surface area contributed by atoms with Crippen molar-refractivity contribution in [1.82, 2.24) is 9.62 Å². The minimum absolute atomic E-state index is 0.0118. The highest BCUT2D eigenvalue weighted by Crippen LogP contribution is 2.36. The van der Waals surface area contributed by atoms with Gasteiger partial charge in [0.25, 0.3) is 0 Å². The molecule has 0 unspecified atom stereocenters. The Morgan fingerprint density at radius 3 is 2.02 bits per heavy atom. The second kappa shape index (κ2) is 14.3. The monoisotopic (exact) mass is 704 g/mol. The lowest BCUT2D eigenvalue weighted by molar-refractivity contribution is 0.0955. The predicted molar refractivity (Wildman–Crippen MR) is 171 cm³/mol. The molecule has 0 bridgehead atoms. The quantitative estimate of drug-likeness (QED) is 0.184. The first-order valence-electron chi connectivity index (χ1n) is 14.9. The van der Waals surface area contributed by atoms with E-state index in [0.717, 1.165) is 4.31 Å². The molecule has 2 aliphatic rings. The van der Waals surface area contributed by atoms with Crippen molar-refractivity contribution in [2.75, 3.05) is 26.7 Å². The average Bonchev–Trinajstić information content (AvgIpc) is 3.69. The number of alkyl carbamates (subject to hydrolysis) is 1. The van der Waals surface area contributed by atoms with E-state index in [2.05, 4.69) is 11.9 Å². The van der Waals surface area contributed by atoms with Gasteiger partial charge in [-0.1, -0.05) is 32.6 Å². The van der Waals surface area contributed by atoms with E-state index in [1.807, 2.05) is 13.8 Å². The lowest BCUT2D eigenvalue weighted by atomic mass is 10.0. The zero-order valence-electron chi connectivity index (χ0n) is 26.4. The minimum atomic E-state index is -4.21. The Morgan fingerprint density at radius 1 is 0.875 bits per heavy atom. The number of benzene rings is 3. The number of fused-ring (bicyclic) bond motifs is 2. The number of carbonyl (C=O) groups excluding carboxylic acids is 1. The van der Waals surface area contributed by atoms with E-state index in [1.165, 1.54) is 55.5 Å². The molecule has 258 valence electrons. The molecule has 0 aliphatic carbocycles. The van der Waals surface area contributed by atoms with E-state index < -0.39 is 38.4 Å². The van der Waals surface area contributed by atoms with Crippen molar-refractivity contribution in [2.24, 2.45) is 5.92 Å². The second-order valence-electron chi connectivity index (χ2n) is 11.5. The van der Waals surface area contributed by atoms with Crippen LogP contribution in [0, 0.1) is 5.92 Å². The van der Waals surface area contributed by atoms with Crippen LogP contribution in [0.3, 0.4) is 0 Å². The normalized spacial score (nSPS) is 14.9. The number of allylic oxidation sites excluding steroid dienone is 1. The number of ether oxygens (including phenoxy) is 5. The third-order valence-corrected chi connectivity index (χ3v) is 10.3. The Hall–Kier alpha value is -4.51. The van der Waals surface area contributed by atoms with Gasteiger partial charge in [0.05, 0.1) is 22.8 Å². The summed E-state index contributed by atoms with van der Waals surface area (Å²) >= 11 is 0. The minimum Gasteiger partial charge on any atom is -0.454 e. The van der Waals surface area contributed by atoms with Gasteiger partial charge >= 0.3 is 16.2 Å². The summed E-state index contributed by atoms with van der Waals surface area (Å²) in [5.41, 5.74) is 0.566. The molecule has 3 aromatic rings. The van der Waals surface area contributed by atoms with Gasteiger partial charge in [-0.3, -0.25) is 0 Å². The third-order valence-electron chi connectivity index (χ3n) is 7.19. The Bertz CT molecular complexity index is 1880. The number of amides is 1. The average molecular weight is 705 g/mol. The zero-order chi connectivity index (χ0) is 34.6. The van der Waals surface area contributed by atoms with Crippen LogP contribution in [-0.2, 0) is 31.3 Å². The van der Waals surface area contributed by atoms with Gasteiger partial charge in [-0.2, -0.15) is 12.7 Å². The number of sulfonamides is 1. The number of nitrogens with zero attached hydrogens (tertiary/aromatic N) is 1. The standard InChI is InChI=1S/C32H36N2O12S2/c1-20(2)16-34(47(37,38)24-9-11-28-30(14-24)43-18-41-28)17-27(35)26(33-32(36)45-21(3)4)13-22-5-7-23(8-6-22)46-48(39,40)25-10-12-29-31(15-25)44-19-42-29/h5-12,14-15,20,26-27,35H,3,13,16-19H2,1-2,4H3,(H,33,36)/t26-,27+/m0/s1. The van der Waals surface area contributed by atoms with Crippen LogP contribution in [0.25, 0.3) is 0 Å². The van der Waals surface area contributed by atoms with E-state index >= 15 is 0 Å². The largest absolute Gasteiger partial charge is 0.454 e. The molecule has 5 rings (SSSR count). The van der Waals surface area contributed by atoms with Gasteiger partial charge in [-0.15, -0.1) is 0 Å².